The van der Waals surface area contributed by atoms with Gasteiger partial charge in [-0.3, -0.25) is 4.98 Å². The third-order valence-corrected chi connectivity index (χ3v) is 5.94. The second-order valence-electron chi connectivity index (χ2n) is 7.91. The molecule has 1 N–H and O–H groups in total. The molecule has 7 heteroatoms. The molecule has 31 heavy (non-hydrogen) atoms. The Balaban J connectivity index is 1.47. The first kappa shape index (κ1) is 21.2. The van der Waals surface area contributed by atoms with Gasteiger partial charge in [0.05, 0.1) is 5.69 Å². The number of rotatable bonds is 6. The van der Waals surface area contributed by atoms with E-state index in [4.69, 9.17) is 0 Å². The van der Waals surface area contributed by atoms with Crippen molar-refractivity contribution in [1.29, 1.82) is 0 Å². The summed E-state index contributed by atoms with van der Waals surface area (Å²) in [7, 11) is 0. The van der Waals surface area contributed by atoms with Crippen LogP contribution >= 0.6 is 0 Å². The van der Waals surface area contributed by atoms with Crippen molar-refractivity contribution in [2.75, 3.05) is 42.9 Å². The zero-order valence-electron chi connectivity index (χ0n) is 18.4. The number of halogens is 1. The van der Waals surface area contributed by atoms with Crippen LogP contribution in [0.3, 0.4) is 0 Å². The van der Waals surface area contributed by atoms with E-state index in [1.807, 2.05) is 38.1 Å². The van der Waals surface area contributed by atoms with Crippen LogP contribution in [0.15, 0.2) is 42.7 Å². The molecular formula is C24H29FN6. The van der Waals surface area contributed by atoms with E-state index in [0.717, 1.165) is 60.9 Å². The van der Waals surface area contributed by atoms with E-state index < -0.39 is 0 Å². The first-order valence-electron chi connectivity index (χ1n) is 10.8. The average molecular weight is 421 g/mol. The molecule has 0 spiro atoms. The van der Waals surface area contributed by atoms with Gasteiger partial charge in [-0.1, -0.05) is 13.0 Å². The summed E-state index contributed by atoms with van der Waals surface area (Å²) in [5.74, 6) is 1.22. The normalized spacial score (nSPS) is 14.6. The second-order valence-corrected chi connectivity index (χ2v) is 7.91. The zero-order chi connectivity index (χ0) is 21.8. The number of aryl methyl sites for hydroxylation is 1. The molecule has 0 bridgehead atoms. The molecule has 0 amide bonds. The Bertz CT molecular complexity index is 1030. The van der Waals surface area contributed by atoms with E-state index in [1.54, 1.807) is 18.5 Å². The molecule has 1 aliphatic heterocycles. The summed E-state index contributed by atoms with van der Waals surface area (Å²) in [6.45, 7) is 11.3. The van der Waals surface area contributed by atoms with E-state index >= 15 is 0 Å². The molecule has 1 aromatic carbocycles. The van der Waals surface area contributed by atoms with Crippen molar-refractivity contribution >= 4 is 11.5 Å². The summed E-state index contributed by atoms with van der Waals surface area (Å²) in [4.78, 5) is 17.9. The van der Waals surface area contributed by atoms with Crippen LogP contribution < -0.4 is 10.2 Å². The smallest absolute Gasteiger partial charge is 0.163 e. The molecule has 0 radical (unpaired) electrons. The van der Waals surface area contributed by atoms with Crippen molar-refractivity contribution < 1.29 is 4.39 Å². The second kappa shape index (κ2) is 9.39. The Morgan fingerprint density at radius 2 is 1.87 bits per heavy atom. The van der Waals surface area contributed by atoms with Crippen LogP contribution in [0, 0.1) is 19.7 Å². The Labute approximate surface area is 183 Å². The predicted octanol–water partition coefficient (Wildman–Crippen LogP) is 4.05. The van der Waals surface area contributed by atoms with Crippen molar-refractivity contribution in [3.05, 3.63) is 65.4 Å². The molecule has 3 aromatic rings. The molecule has 1 saturated heterocycles. The van der Waals surface area contributed by atoms with Gasteiger partial charge in [-0.25, -0.2) is 14.4 Å². The summed E-state index contributed by atoms with van der Waals surface area (Å²) in [6, 6.07) is 9.32. The van der Waals surface area contributed by atoms with Crippen LogP contribution in [0.25, 0.3) is 11.4 Å². The number of aromatic nitrogens is 3. The fourth-order valence-electron chi connectivity index (χ4n) is 3.83. The number of hydrogen-bond acceptors (Lipinski definition) is 6. The van der Waals surface area contributed by atoms with Gasteiger partial charge in [-0.2, -0.15) is 0 Å². The maximum absolute atomic E-state index is 14.9. The number of anilines is 2. The largest absolute Gasteiger partial charge is 0.367 e. The van der Waals surface area contributed by atoms with E-state index in [9.17, 15) is 4.39 Å². The maximum Gasteiger partial charge on any atom is 0.163 e. The van der Waals surface area contributed by atoms with E-state index in [-0.39, 0.29) is 5.82 Å². The Morgan fingerprint density at radius 3 is 2.55 bits per heavy atom. The van der Waals surface area contributed by atoms with Gasteiger partial charge in [0.25, 0.3) is 0 Å². The molecule has 4 rings (SSSR count). The van der Waals surface area contributed by atoms with E-state index in [1.165, 1.54) is 0 Å². The van der Waals surface area contributed by atoms with Gasteiger partial charge in [0.1, 0.15) is 11.6 Å². The highest BCUT2D eigenvalue weighted by Gasteiger charge is 2.18. The number of nitrogens with one attached hydrogen (secondary N) is 1. The lowest BCUT2D eigenvalue weighted by Crippen LogP contribution is -2.46. The predicted molar refractivity (Wildman–Crippen MR) is 123 cm³/mol. The molecule has 3 heterocycles. The first-order valence-corrected chi connectivity index (χ1v) is 10.8. The number of hydrogen-bond donors (Lipinski definition) is 1. The lowest BCUT2D eigenvalue weighted by molar-refractivity contribution is 0.270. The summed E-state index contributed by atoms with van der Waals surface area (Å²) in [5, 5.41) is 3.36. The molecule has 0 saturated carbocycles. The molecular weight excluding hydrogens is 391 g/mol. The van der Waals surface area contributed by atoms with Crippen LogP contribution in [0.4, 0.5) is 15.9 Å². The Kier molecular flexibility index (Phi) is 6.42. The minimum absolute atomic E-state index is 0.170. The molecule has 0 unspecified atom stereocenters. The molecule has 0 aliphatic carbocycles. The summed E-state index contributed by atoms with van der Waals surface area (Å²) in [6.07, 6.45) is 3.48. The SMILES string of the molecule is CCN1CCN(c2ccc(CNc3nc(-c4cccnc4)nc(C)c3C)cc2F)CC1. The molecule has 6 nitrogen and oxygen atoms in total. The van der Waals surface area contributed by atoms with Crippen molar-refractivity contribution in [2.45, 2.75) is 27.3 Å². The van der Waals surface area contributed by atoms with Crippen molar-refractivity contribution in [3.8, 4) is 11.4 Å². The topological polar surface area (TPSA) is 57.2 Å². The molecule has 1 fully saturated rings. The third kappa shape index (κ3) is 4.82. The number of nitrogens with zero attached hydrogens (tertiary/aromatic N) is 5. The number of benzene rings is 1. The van der Waals surface area contributed by atoms with Gasteiger partial charge in [0, 0.05) is 61.9 Å². The highest BCUT2D eigenvalue weighted by Crippen LogP contribution is 2.24. The van der Waals surface area contributed by atoms with E-state index in [2.05, 4.69) is 37.0 Å². The highest BCUT2D eigenvalue weighted by molar-refractivity contribution is 5.59. The zero-order valence-corrected chi connectivity index (χ0v) is 18.4. The molecule has 2 aromatic heterocycles. The van der Waals surface area contributed by atoms with Gasteiger partial charge in [-0.05, 0) is 50.2 Å². The highest BCUT2D eigenvalue weighted by atomic mass is 19.1. The van der Waals surface area contributed by atoms with Crippen molar-refractivity contribution in [3.63, 3.8) is 0 Å². The first-order chi connectivity index (χ1) is 15.0. The third-order valence-electron chi connectivity index (χ3n) is 5.94. The minimum Gasteiger partial charge on any atom is -0.367 e. The monoisotopic (exact) mass is 420 g/mol. The van der Waals surface area contributed by atoms with Crippen LogP contribution in [0.5, 0.6) is 0 Å². The van der Waals surface area contributed by atoms with Crippen LogP contribution in [-0.2, 0) is 6.54 Å². The van der Waals surface area contributed by atoms with Gasteiger partial charge >= 0.3 is 0 Å². The van der Waals surface area contributed by atoms with Crippen molar-refractivity contribution in [2.24, 2.45) is 0 Å². The average Bonchev–Trinajstić information content (AvgIpc) is 2.80. The van der Waals surface area contributed by atoms with Gasteiger partial charge in [0.15, 0.2) is 5.82 Å². The van der Waals surface area contributed by atoms with Gasteiger partial charge in [-0.15, -0.1) is 0 Å². The number of piperazine rings is 1. The van der Waals surface area contributed by atoms with Gasteiger partial charge in [0.2, 0.25) is 0 Å². The molecule has 0 atom stereocenters. The Hall–Kier alpha value is -3.06. The van der Waals surface area contributed by atoms with E-state index in [0.29, 0.717) is 18.1 Å². The fraction of sp³-hybridized carbons (Fsp3) is 0.375. The summed E-state index contributed by atoms with van der Waals surface area (Å²) >= 11 is 0. The maximum atomic E-state index is 14.9. The van der Waals surface area contributed by atoms with Crippen LogP contribution in [0.1, 0.15) is 23.7 Å². The standard InChI is InChI=1S/C24H29FN6/c1-4-30-10-12-31(13-11-30)22-8-7-19(14-21(22)25)15-27-23-17(2)18(3)28-24(29-23)20-6-5-9-26-16-20/h5-9,14,16H,4,10-13,15H2,1-3H3,(H,27,28,29). The lowest BCUT2D eigenvalue weighted by atomic mass is 10.1. The number of likely N-dealkylation sites (N-methyl/N-ethyl adjacent to an activating group) is 1. The minimum atomic E-state index is -0.170. The van der Waals surface area contributed by atoms with Crippen LogP contribution in [-0.4, -0.2) is 52.6 Å². The Morgan fingerprint density at radius 1 is 1.06 bits per heavy atom. The molecule has 1 aliphatic rings. The lowest BCUT2D eigenvalue weighted by Gasteiger charge is -2.35. The molecule has 162 valence electrons. The quantitative estimate of drug-likeness (QED) is 0.649. The summed E-state index contributed by atoms with van der Waals surface area (Å²) in [5.41, 5.74) is 4.33. The fourth-order valence-corrected chi connectivity index (χ4v) is 3.83. The van der Waals surface area contributed by atoms with Gasteiger partial charge < -0.3 is 15.1 Å². The van der Waals surface area contributed by atoms with Crippen molar-refractivity contribution in [1.82, 2.24) is 19.9 Å². The van der Waals surface area contributed by atoms with Crippen LogP contribution in [0.2, 0.25) is 0 Å². The number of pyridine rings is 1. The summed E-state index contributed by atoms with van der Waals surface area (Å²) < 4.78 is 14.9.